The quantitative estimate of drug-likeness (QED) is 0.763. The number of hydrogen-bond acceptors (Lipinski definition) is 3. The number of hydrogen-bond donors (Lipinski definition) is 1. The molecule has 1 N–H and O–H groups in total. The highest BCUT2D eigenvalue weighted by Gasteiger charge is 2.02. The Labute approximate surface area is 74.6 Å². The minimum atomic E-state index is 0.174. The zero-order chi connectivity index (χ0) is 8.39. The Hall–Kier alpha value is -0.930. The van der Waals surface area contributed by atoms with Crippen molar-refractivity contribution in [1.82, 2.24) is 4.37 Å². The fourth-order valence-electron chi connectivity index (χ4n) is 1.22. The number of fused-ring (bicyclic) bond motifs is 1. The lowest BCUT2D eigenvalue weighted by atomic mass is 10.2. The van der Waals surface area contributed by atoms with Crippen LogP contribution in [0.5, 0.6) is 0 Å². The fourth-order valence-corrected chi connectivity index (χ4v) is 2.05. The maximum absolute atomic E-state index is 8.76. The number of rotatable bonds is 2. The van der Waals surface area contributed by atoms with Crippen molar-refractivity contribution >= 4 is 21.6 Å². The molecule has 0 saturated carbocycles. The van der Waals surface area contributed by atoms with E-state index < -0.39 is 0 Å². The summed E-state index contributed by atoms with van der Waals surface area (Å²) in [6.07, 6.45) is 0.657. The number of nitrogens with zero attached hydrogens (tertiary/aromatic N) is 1. The van der Waals surface area contributed by atoms with E-state index in [0.29, 0.717) is 6.42 Å². The summed E-state index contributed by atoms with van der Waals surface area (Å²) in [6.45, 7) is 0.174. The van der Waals surface area contributed by atoms with Crippen LogP contribution in [0.3, 0.4) is 0 Å². The average molecular weight is 179 g/mol. The molecule has 2 rings (SSSR count). The van der Waals surface area contributed by atoms with Crippen LogP contribution >= 0.6 is 11.5 Å². The van der Waals surface area contributed by atoms with Crippen LogP contribution in [0.15, 0.2) is 24.3 Å². The fraction of sp³-hybridized carbons (Fsp3) is 0.222. The van der Waals surface area contributed by atoms with E-state index >= 15 is 0 Å². The summed E-state index contributed by atoms with van der Waals surface area (Å²) in [7, 11) is 0. The minimum absolute atomic E-state index is 0.174. The number of benzene rings is 1. The molecule has 0 saturated heterocycles. The highest BCUT2D eigenvalue weighted by atomic mass is 32.1. The first-order valence-corrected chi connectivity index (χ1v) is 4.63. The van der Waals surface area contributed by atoms with Crippen LogP contribution in [0.25, 0.3) is 10.1 Å². The standard InChI is InChI=1S/C9H9NOS/c11-6-5-8-7-3-1-2-4-9(7)12-10-8/h1-4,11H,5-6H2. The van der Waals surface area contributed by atoms with Gasteiger partial charge in [0.05, 0.1) is 10.4 Å². The Balaban J connectivity index is 2.55. The first-order valence-electron chi connectivity index (χ1n) is 3.86. The Morgan fingerprint density at radius 3 is 3.00 bits per heavy atom. The van der Waals surface area contributed by atoms with Crippen LogP contribution in [0.4, 0.5) is 0 Å². The lowest BCUT2D eigenvalue weighted by Crippen LogP contribution is -1.89. The average Bonchev–Trinajstić information content (AvgIpc) is 2.50. The predicted octanol–water partition coefficient (Wildman–Crippen LogP) is 1.83. The highest BCUT2D eigenvalue weighted by Crippen LogP contribution is 2.21. The Morgan fingerprint density at radius 1 is 1.33 bits per heavy atom. The van der Waals surface area contributed by atoms with Crippen molar-refractivity contribution in [3.63, 3.8) is 0 Å². The predicted molar refractivity (Wildman–Crippen MR) is 50.4 cm³/mol. The van der Waals surface area contributed by atoms with Gasteiger partial charge in [-0.3, -0.25) is 0 Å². The van der Waals surface area contributed by atoms with Crippen LogP contribution in [0.1, 0.15) is 5.69 Å². The maximum Gasteiger partial charge on any atom is 0.0643 e. The van der Waals surface area contributed by atoms with Gasteiger partial charge in [-0.1, -0.05) is 18.2 Å². The molecule has 0 bridgehead atoms. The third-order valence-electron chi connectivity index (χ3n) is 1.80. The van der Waals surface area contributed by atoms with Gasteiger partial charge in [0.1, 0.15) is 0 Å². The summed E-state index contributed by atoms with van der Waals surface area (Å²) in [6, 6.07) is 8.10. The molecule has 0 amide bonds. The Bertz CT molecular complexity index is 383. The lowest BCUT2D eigenvalue weighted by Gasteiger charge is -1.91. The van der Waals surface area contributed by atoms with E-state index in [0.717, 1.165) is 5.69 Å². The van der Waals surface area contributed by atoms with E-state index in [4.69, 9.17) is 5.11 Å². The molecule has 0 aliphatic heterocycles. The molecule has 0 radical (unpaired) electrons. The summed E-state index contributed by atoms with van der Waals surface area (Å²) in [5.74, 6) is 0. The van der Waals surface area contributed by atoms with Crippen molar-refractivity contribution in [1.29, 1.82) is 0 Å². The molecular formula is C9H9NOS. The Kier molecular flexibility index (Phi) is 2.06. The molecule has 0 spiro atoms. The molecule has 0 fully saturated rings. The molecular weight excluding hydrogens is 170 g/mol. The van der Waals surface area contributed by atoms with Crippen molar-refractivity contribution in [2.24, 2.45) is 0 Å². The maximum atomic E-state index is 8.76. The van der Waals surface area contributed by atoms with Crippen molar-refractivity contribution in [2.45, 2.75) is 6.42 Å². The van der Waals surface area contributed by atoms with Crippen LogP contribution in [-0.4, -0.2) is 16.1 Å². The first kappa shape index (κ1) is 7.71. The van der Waals surface area contributed by atoms with Crippen LogP contribution in [-0.2, 0) is 6.42 Å². The van der Waals surface area contributed by atoms with E-state index in [2.05, 4.69) is 4.37 Å². The minimum Gasteiger partial charge on any atom is -0.396 e. The first-order chi connectivity index (χ1) is 5.92. The van der Waals surface area contributed by atoms with Crippen molar-refractivity contribution in [3.8, 4) is 0 Å². The van der Waals surface area contributed by atoms with E-state index in [1.54, 1.807) is 0 Å². The van der Waals surface area contributed by atoms with Gasteiger partial charge in [-0.15, -0.1) is 0 Å². The summed E-state index contributed by atoms with van der Waals surface area (Å²) in [5.41, 5.74) is 1.01. The molecule has 62 valence electrons. The monoisotopic (exact) mass is 179 g/mol. The molecule has 1 heterocycles. The van der Waals surface area contributed by atoms with Gasteiger partial charge in [0.25, 0.3) is 0 Å². The number of aliphatic hydroxyl groups excluding tert-OH is 1. The zero-order valence-corrected chi connectivity index (χ0v) is 7.34. The SMILES string of the molecule is OCCc1nsc2ccccc12. The second kappa shape index (κ2) is 3.21. The smallest absolute Gasteiger partial charge is 0.0643 e. The van der Waals surface area contributed by atoms with E-state index in [1.807, 2.05) is 24.3 Å². The van der Waals surface area contributed by atoms with Gasteiger partial charge in [0.15, 0.2) is 0 Å². The summed E-state index contributed by atoms with van der Waals surface area (Å²) < 4.78 is 5.46. The second-order valence-electron chi connectivity index (χ2n) is 2.60. The molecule has 0 aliphatic carbocycles. The molecule has 12 heavy (non-hydrogen) atoms. The molecule has 3 heteroatoms. The van der Waals surface area contributed by atoms with Crippen LogP contribution in [0, 0.1) is 0 Å². The molecule has 0 atom stereocenters. The number of aromatic nitrogens is 1. The van der Waals surface area contributed by atoms with Gasteiger partial charge in [-0.25, -0.2) is 0 Å². The summed E-state index contributed by atoms with van der Waals surface area (Å²) in [4.78, 5) is 0. The highest BCUT2D eigenvalue weighted by molar-refractivity contribution is 7.13. The van der Waals surface area contributed by atoms with Gasteiger partial charge in [-0.2, -0.15) is 4.37 Å². The summed E-state index contributed by atoms with van der Waals surface area (Å²) in [5, 5.41) is 9.94. The normalized spacial score (nSPS) is 10.8. The van der Waals surface area contributed by atoms with Crippen LogP contribution in [0.2, 0.25) is 0 Å². The van der Waals surface area contributed by atoms with Crippen molar-refractivity contribution in [2.75, 3.05) is 6.61 Å². The summed E-state index contributed by atoms with van der Waals surface area (Å²) >= 11 is 1.49. The lowest BCUT2D eigenvalue weighted by molar-refractivity contribution is 0.299. The van der Waals surface area contributed by atoms with Crippen molar-refractivity contribution < 1.29 is 5.11 Å². The second-order valence-corrected chi connectivity index (χ2v) is 3.40. The topological polar surface area (TPSA) is 33.1 Å². The molecule has 1 aromatic carbocycles. The third-order valence-corrected chi connectivity index (χ3v) is 2.67. The Morgan fingerprint density at radius 2 is 2.17 bits per heavy atom. The van der Waals surface area contributed by atoms with Gasteiger partial charge in [0.2, 0.25) is 0 Å². The zero-order valence-electron chi connectivity index (χ0n) is 6.53. The molecule has 1 aromatic heterocycles. The van der Waals surface area contributed by atoms with E-state index in [1.165, 1.54) is 21.6 Å². The van der Waals surface area contributed by atoms with E-state index in [9.17, 15) is 0 Å². The van der Waals surface area contributed by atoms with Gasteiger partial charge in [-0.05, 0) is 17.6 Å². The molecule has 0 aliphatic rings. The third kappa shape index (κ3) is 1.21. The van der Waals surface area contributed by atoms with E-state index in [-0.39, 0.29) is 6.61 Å². The largest absolute Gasteiger partial charge is 0.396 e. The van der Waals surface area contributed by atoms with Gasteiger partial charge >= 0.3 is 0 Å². The van der Waals surface area contributed by atoms with Gasteiger partial charge in [0, 0.05) is 18.4 Å². The van der Waals surface area contributed by atoms with Gasteiger partial charge < -0.3 is 5.11 Å². The molecule has 2 aromatic rings. The molecule has 2 nitrogen and oxygen atoms in total. The van der Waals surface area contributed by atoms with Crippen molar-refractivity contribution in [3.05, 3.63) is 30.0 Å². The van der Waals surface area contributed by atoms with Crippen LogP contribution < -0.4 is 0 Å². The number of aliphatic hydroxyl groups is 1. The molecule has 0 unspecified atom stereocenters.